The summed E-state index contributed by atoms with van der Waals surface area (Å²) >= 11 is 0. The van der Waals surface area contributed by atoms with Crippen molar-refractivity contribution < 1.29 is 9.53 Å². The highest BCUT2D eigenvalue weighted by atomic mass is 16.5. The standard InChI is InChI=1S/C33H66O2.C6H14.H3N/c1-3-5-7-9-11-13-15-17-18-19-21-23-25-27-29-31-33(34)35-32-30-28-26-24-22-20-16-14-12-10-8-6-4-2;1-5(2)6(3)4;/h3-32H2,1-2H3;5-6H,1-4H3;1H3. The Hall–Kier alpha value is -0.570. The van der Waals surface area contributed by atoms with Crippen LogP contribution in [0.5, 0.6) is 0 Å². The molecule has 0 atom stereocenters. The number of unbranched alkanes of at least 4 members (excludes halogenated alkanes) is 26. The van der Waals surface area contributed by atoms with Gasteiger partial charge in [0, 0.05) is 6.42 Å². The lowest BCUT2D eigenvalue weighted by atomic mass is 10.0. The summed E-state index contributed by atoms with van der Waals surface area (Å²) in [5, 5.41) is 0. The largest absolute Gasteiger partial charge is 0.466 e. The molecular weight excluding hydrogens is 514 g/mol. The zero-order valence-corrected chi connectivity index (χ0v) is 30.4. The molecule has 0 aliphatic carbocycles. The number of rotatable bonds is 31. The Morgan fingerprint density at radius 1 is 0.405 bits per heavy atom. The van der Waals surface area contributed by atoms with Crippen LogP contribution in [0.15, 0.2) is 0 Å². The fourth-order valence-corrected chi connectivity index (χ4v) is 5.02. The number of ether oxygens (including phenoxy) is 1. The molecule has 0 aliphatic rings. The van der Waals surface area contributed by atoms with Crippen molar-refractivity contribution in [1.29, 1.82) is 0 Å². The van der Waals surface area contributed by atoms with Gasteiger partial charge in [-0.3, -0.25) is 4.79 Å². The number of hydrogen-bond donors (Lipinski definition) is 1. The van der Waals surface area contributed by atoms with Crippen LogP contribution in [0.25, 0.3) is 0 Å². The zero-order chi connectivity index (χ0) is 30.7. The summed E-state index contributed by atoms with van der Waals surface area (Å²) in [6.07, 6.45) is 38.6. The number of hydrogen-bond acceptors (Lipinski definition) is 3. The third-order valence-corrected chi connectivity index (χ3v) is 8.83. The van der Waals surface area contributed by atoms with Gasteiger partial charge in [0.25, 0.3) is 0 Å². The number of carbonyl (C=O) groups excluding carboxylic acids is 1. The van der Waals surface area contributed by atoms with Crippen molar-refractivity contribution in [2.75, 3.05) is 6.61 Å². The summed E-state index contributed by atoms with van der Waals surface area (Å²) in [6, 6.07) is 0. The van der Waals surface area contributed by atoms with Gasteiger partial charge in [-0.05, 0) is 24.7 Å². The molecule has 0 aromatic rings. The van der Waals surface area contributed by atoms with Crippen LogP contribution in [0, 0.1) is 11.8 Å². The van der Waals surface area contributed by atoms with Gasteiger partial charge in [0.15, 0.2) is 0 Å². The second-order valence-corrected chi connectivity index (χ2v) is 13.7. The van der Waals surface area contributed by atoms with Crippen molar-refractivity contribution in [1.82, 2.24) is 6.15 Å². The number of esters is 1. The minimum atomic E-state index is 0. The summed E-state index contributed by atoms with van der Waals surface area (Å²) < 4.78 is 5.42. The van der Waals surface area contributed by atoms with Crippen molar-refractivity contribution in [2.45, 2.75) is 228 Å². The molecule has 3 N–H and O–H groups in total. The Balaban J connectivity index is -0.00000195. The third-order valence-electron chi connectivity index (χ3n) is 8.83. The Morgan fingerprint density at radius 2 is 0.643 bits per heavy atom. The monoisotopic (exact) mass is 598 g/mol. The normalized spacial score (nSPS) is 11.0. The van der Waals surface area contributed by atoms with Gasteiger partial charge in [-0.2, -0.15) is 0 Å². The second-order valence-electron chi connectivity index (χ2n) is 13.7. The SMILES string of the molecule is CC(C)C(C)C.CCCCCCCCCCCCCCCCCC(=O)OCCCCCCCCCCCCCCC.N. The molecule has 3 nitrogen and oxygen atoms in total. The molecule has 0 spiro atoms. The maximum absolute atomic E-state index is 11.9. The van der Waals surface area contributed by atoms with Gasteiger partial charge in [-0.25, -0.2) is 0 Å². The van der Waals surface area contributed by atoms with E-state index in [1.54, 1.807) is 0 Å². The van der Waals surface area contributed by atoms with E-state index in [2.05, 4.69) is 41.5 Å². The molecule has 0 heterocycles. The summed E-state index contributed by atoms with van der Waals surface area (Å²) in [6.45, 7) is 14.2. The first-order chi connectivity index (χ1) is 20.0. The molecule has 256 valence electrons. The average Bonchev–Trinajstić information content (AvgIpc) is 2.95. The van der Waals surface area contributed by atoms with Crippen LogP contribution in [0.3, 0.4) is 0 Å². The van der Waals surface area contributed by atoms with Gasteiger partial charge >= 0.3 is 5.97 Å². The molecule has 0 fully saturated rings. The van der Waals surface area contributed by atoms with Gasteiger partial charge in [0.1, 0.15) is 0 Å². The van der Waals surface area contributed by atoms with Crippen LogP contribution in [0.4, 0.5) is 0 Å². The Morgan fingerprint density at radius 3 is 0.905 bits per heavy atom. The minimum Gasteiger partial charge on any atom is -0.466 e. The maximum atomic E-state index is 11.9. The molecule has 0 saturated carbocycles. The van der Waals surface area contributed by atoms with E-state index in [0.29, 0.717) is 13.0 Å². The van der Waals surface area contributed by atoms with Gasteiger partial charge in [0.2, 0.25) is 0 Å². The highest BCUT2D eigenvalue weighted by Gasteiger charge is 2.03. The molecule has 0 aliphatic heterocycles. The van der Waals surface area contributed by atoms with Gasteiger partial charge in [-0.1, -0.05) is 208 Å². The molecule has 0 radical (unpaired) electrons. The van der Waals surface area contributed by atoms with E-state index in [4.69, 9.17) is 4.74 Å². The van der Waals surface area contributed by atoms with Crippen LogP contribution in [0.2, 0.25) is 0 Å². The highest BCUT2D eigenvalue weighted by Crippen LogP contribution is 2.15. The van der Waals surface area contributed by atoms with Crippen LogP contribution in [-0.2, 0) is 9.53 Å². The molecule has 0 amide bonds. The first kappa shape index (κ1) is 45.9. The summed E-state index contributed by atoms with van der Waals surface area (Å²) in [5.74, 6) is 1.73. The van der Waals surface area contributed by atoms with Crippen LogP contribution in [-0.4, -0.2) is 12.6 Å². The topological polar surface area (TPSA) is 61.3 Å². The van der Waals surface area contributed by atoms with Crippen LogP contribution < -0.4 is 6.15 Å². The molecule has 3 heteroatoms. The molecular formula is C39H83NO2. The summed E-state index contributed by atoms with van der Waals surface area (Å²) in [4.78, 5) is 11.9. The lowest BCUT2D eigenvalue weighted by Crippen LogP contribution is -2.05. The average molecular weight is 598 g/mol. The summed E-state index contributed by atoms with van der Waals surface area (Å²) in [7, 11) is 0. The first-order valence-electron chi connectivity index (χ1n) is 19.1. The van der Waals surface area contributed by atoms with Crippen molar-refractivity contribution in [3.63, 3.8) is 0 Å². The van der Waals surface area contributed by atoms with Crippen molar-refractivity contribution in [3.8, 4) is 0 Å². The predicted octanol–water partition coefficient (Wildman–Crippen LogP) is 14.3. The minimum absolute atomic E-state index is 0. The van der Waals surface area contributed by atoms with Crippen LogP contribution in [0.1, 0.15) is 228 Å². The van der Waals surface area contributed by atoms with Gasteiger partial charge in [0.05, 0.1) is 6.61 Å². The summed E-state index contributed by atoms with van der Waals surface area (Å²) in [5.41, 5.74) is 0. The highest BCUT2D eigenvalue weighted by molar-refractivity contribution is 5.69. The lowest BCUT2D eigenvalue weighted by molar-refractivity contribution is -0.143. The third kappa shape index (κ3) is 43.9. The molecule has 0 saturated heterocycles. The van der Waals surface area contributed by atoms with E-state index in [0.717, 1.165) is 24.7 Å². The fourth-order valence-electron chi connectivity index (χ4n) is 5.02. The molecule has 0 aromatic carbocycles. The second kappa shape index (κ2) is 40.4. The van der Waals surface area contributed by atoms with E-state index < -0.39 is 0 Å². The molecule has 0 rings (SSSR count). The quantitative estimate of drug-likeness (QED) is 0.0638. The Labute approximate surface area is 267 Å². The van der Waals surface area contributed by atoms with Crippen molar-refractivity contribution >= 4 is 5.97 Å². The zero-order valence-electron chi connectivity index (χ0n) is 30.4. The van der Waals surface area contributed by atoms with Crippen molar-refractivity contribution in [2.24, 2.45) is 11.8 Å². The van der Waals surface area contributed by atoms with Crippen molar-refractivity contribution in [3.05, 3.63) is 0 Å². The fraction of sp³-hybridized carbons (Fsp3) is 0.974. The molecule has 42 heavy (non-hydrogen) atoms. The first-order valence-corrected chi connectivity index (χ1v) is 19.1. The van der Waals surface area contributed by atoms with E-state index in [1.807, 2.05) is 0 Å². The maximum Gasteiger partial charge on any atom is 0.305 e. The van der Waals surface area contributed by atoms with Gasteiger partial charge in [-0.15, -0.1) is 0 Å². The van der Waals surface area contributed by atoms with E-state index in [1.165, 1.54) is 167 Å². The molecule has 0 aromatic heterocycles. The smallest absolute Gasteiger partial charge is 0.305 e. The van der Waals surface area contributed by atoms with Gasteiger partial charge < -0.3 is 10.9 Å². The molecule has 0 unspecified atom stereocenters. The lowest BCUT2D eigenvalue weighted by Gasteiger charge is -2.06. The van der Waals surface area contributed by atoms with E-state index in [-0.39, 0.29) is 12.1 Å². The Kier molecular flexibility index (Phi) is 44.1. The predicted molar refractivity (Wildman–Crippen MR) is 191 cm³/mol. The van der Waals surface area contributed by atoms with E-state index in [9.17, 15) is 4.79 Å². The van der Waals surface area contributed by atoms with E-state index >= 15 is 0 Å². The Bertz CT molecular complexity index is 471. The molecule has 0 bridgehead atoms. The van der Waals surface area contributed by atoms with Crippen LogP contribution >= 0.6 is 0 Å². The number of carbonyl (C=O) groups is 1.